The number of amides is 1. The molecule has 1 aliphatic rings. The number of aryl methyl sites for hydroxylation is 1. The first kappa shape index (κ1) is 18.3. The van der Waals surface area contributed by atoms with Gasteiger partial charge in [0.25, 0.3) is 0 Å². The number of nitrogens with zero attached hydrogens (tertiary/aromatic N) is 2. The lowest BCUT2D eigenvalue weighted by Gasteiger charge is -2.20. The molecule has 0 spiro atoms. The number of benzene rings is 2. The van der Waals surface area contributed by atoms with Crippen LogP contribution in [0.1, 0.15) is 18.3 Å². The zero-order valence-electron chi connectivity index (χ0n) is 15.3. The van der Waals surface area contributed by atoms with Crippen LogP contribution < -0.4 is 14.8 Å². The van der Waals surface area contributed by atoms with Crippen molar-refractivity contribution in [3.8, 4) is 22.9 Å². The summed E-state index contributed by atoms with van der Waals surface area (Å²) in [5.74, 6) is 2.26. The van der Waals surface area contributed by atoms with Crippen molar-refractivity contribution in [3.05, 3.63) is 52.8 Å². The number of anilines is 1. The Balaban J connectivity index is 1.53. The van der Waals surface area contributed by atoms with E-state index < -0.39 is 0 Å². The molecular weight excluding hydrogens is 380 g/mol. The van der Waals surface area contributed by atoms with Gasteiger partial charge in [-0.05, 0) is 29.8 Å². The number of halogens is 1. The summed E-state index contributed by atoms with van der Waals surface area (Å²) < 4.78 is 11.1. The predicted molar refractivity (Wildman–Crippen MR) is 106 cm³/mol. The Bertz CT molecular complexity index is 1020. The SMILES string of the molecule is CCc1nc(-c2ccccc2NC(=O)Cc2cc(Cl)c3c(c2)OCCO3)n[nH]1. The molecule has 0 saturated heterocycles. The lowest BCUT2D eigenvalue weighted by atomic mass is 10.1. The number of hydrogen-bond donors (Lipinski definition) is 2. The van der Waals surface area contributed by atoms with E-state index in [1.54, 1.807) is 12.1 Å². The molecule has 0 aliphatic carbocycles. The molecule has 0 unspecified atom stereocenters. The summed E-state index contributed by atoms with van der Waals surface area (Å²) in [5, 5.41) is 10.5. The average molecular weight is 399 g/mol. The summed E-state index contributed by atoms with van der Waals surface area (Å²) in [5.41, 5.74) is 2.15. The van der Waals surface area contributed by atoms with Crippen LogP contribution in [0.2, 0.25) is 5.02 Å². The monoisotopic (exact) mass is 398 g/mol. The molecule has 0 bridgehead atoms. The number of hydrogen-bond acceptors (Lipinski definition) is 5. The minimum atomic E-state index is -0.175. The smallest absolute Gasteiger partial charge is 0.228 e. The van der Waals surface area contributed by atoms with Gasteiger partial charge in [-0.3, -0.25) is 9.89 Å². The molecule has 7 nitrogen and oxygen atoms in total. The Labute approximate surface area is 167 Å². The maximum atomic E-state index is 12.6. The average Bonchev–Trinajstić information content (AvgIpc) is 3.17. The van der Waals surface area contributed by atoms with Crippen LogP contribution in [0.25, 0.3) is 11.4 Å². The number of H-pyrrole nitrogens is 1. The van der Waals surface area contributed by atoms with Gasteiger partial charge in [-0.1, -0.05) is 30.7 Å². The number of aromatic nitrogens is 3. The third kappa shape index (κ3) is 3.80. The van der Waals surface area contributed by atoms with Crippen molar-refractivity contribution in [2.24, 2.45) is 0 Å². The van der Waals surface area contributed by atoms with Crippen LogP contribution >= 0.6 is 11.6 Å². The summed E-state index contributed by atoms with van der Waals surface area (Å²) in [4.78, 5) is 17.1. The van der Waals surface area contributed by atoms with Crippen LogP contribution in [0.15, 0.2) is 36.4 Å². The molecule has 2 heterocycles. The van der Waals surface area contributed by atoms with Crippen LogP contribution in [0, 0.1) is 0 Å². The molecule has 1 amide bonds. The molecule has 0 atom stereocenters. The van der Waals surface area contributed by atoms with Crippen LogP contribution in [-0.2, 0) is 17.6 Å². The Hall–Kier alpha value is -3.06. The first-order valence-electron chi connectivity index (χ1n) is 9.02. The topological polar surface area (TPSA) is 89.1 Å². The molecule has 0 saturated carbocycles. The van der Waals surface area contributed by atoms with Crippen molar-refractivity contribution >= 4 is 23.2 Å². The molecule has 8 heteroatoms. The highest BCUT2D eigenvalue weighted by atomic mass is 35.5. The first-order valence-corrected chi connectivity index (χ1v) is 9.40. The lowest BCUT2D eigenvalue weighted by molar-refractivity contribution is -0.115. The molecule has 28 heavy (non-hydrogen) atoms. The third-order valence-corrected chi connectivity index (χ3v) is 4.61. The first-order chi connectivity index (χ1) is 13.6. The van der Waals surface area contributed by atoms with Gasteiger partial charge in [-0.2, -0.15) is 5.10 Å². The zero-order valence-corrected chi connectivity index (χ0v) is 16.0. The fraction of sp³-hybridized carbons (Fsp3) is 0.250. The van der Waals surface area contributed by atoms with E-state index in [2.05, 4.69) is 20.5 Å². The minimum absolute atomic E-state index is 0.152. The van der Waals surface area contributed by atoms with E-state index in [1.165, 1.54) is 0 Å². The Morgan fingerprint density at radius 1 is 1.25 bits per heavy atom. The molecule has 144 valence electrons. The molecule has 4 rings (SSSR count). The number of para-hydroxylation sites is 1. The molecule has 3 aromatic rings. The van der Waals surface area contributed by atoms with Crippen molar-refractivity contribution in [2.45, 2.75) is 19.8 Å². The second-order valence-corrected chi connectivity index (χ2v) is 6.74. The predicted octanol–water partition coefficient (Wildman–Crippen LogP) is 3.64. The van der Waals surface area contributed by atoms with Crippen molar-refractivity contribution in [1.82, 2.24) is 15.2 Å². The Morgan fingerprint density at radius 2 is 2.07 bits per heavy atom. The van der Waals surface area contributed by atoms with Crippen LogP contribution in [0.5, 0.6) is 11.5 Å². The van der Waals surface area contributed by atoms with Crippen molar-refractivity contribution < 1.29 is 14.3 Å². The number of carbonyl (C=O) groups excluding carboxylic acids is 1. The summed E-state index contributed by atoms with van der Waals surface area (Å²) in [6.07, 6.45) is 0.908. The number of fused-ring (bicyclic) bond motifs is 1. The second-order valence-electron chi connectivity index (χ2n) is 6.33. The highest BCUT2D eigenvalue weighted by Crippen LogP contribution is 2.38. The van der Waals surface area contributed by atoms with Gasteiger partial charge in [0.2, 0.25) is 5.91 Å². The highest BCUT2D eigenvalue weighted by molar-refractivity contribution is 6.32. The molecular formula is C20H19ClN4O3. The summed E-state index contributed by atoms with van der Waals surface area (Å²) >= 11 is 6.26. The van der Waals surface area contributed by atoms with E-state index >= 15 is 0 Å². The van der Waals surface area contributed by atoms with Crippen molar-refractivity contribution in [2.75, 3.05) is 18.5 Å². The van der Waals surface area contributed by atoms with Gasteiger partial charge in [0.05, 0.1) is 17.1 Å². The van der Waals surface area contributed by atoms with Gasteiger partial charge < -0.3 is 14.8 Å². The van der Waals surface area contributed by atoms with E-state index in [1.807, 2.05) is 31.2 Å². The maximum absolute atomic E-state index is 12.6. The highest BCUT2D eigenvalue weighted by Gasteiger charge is 2.18. The standard InChI is InChI=1S/C20H19ClN4O3/c1-2-17-23-20(25-24-17)13-5-3-4-6-15(13)22-18(26)11-12-9-14(21)19-16(10-12)27-7-8-28-19/h3-6,9-10H,2,7-8,11H2,1H3,(H,22,26)(H,23,24,25). The van der Waals surface area contributed by atoms with Gasteiger partial charge >= 0.3 is 0 Å². The number of ether oxygens (including phenoxy) is 2. The maximum Gasteiger partial charge on any atom is 0.228 e. The number of aromatic amines is 1. The van der Waals surface area contributed by atoms with Crippen LogP contribution in [0.3, 0.4) is 0 Å². The van der Waals surface area contributed by atoms with Gasteiger partial charge in [0, 0.05) is 12.0 Å². The van der Waals surface area contributed by atoms with E-state index in [0.29, 0.717) is 41.2 Å². The summed E-state index contributed by atoms with van der Waals surface area (Å²) in [7, 11) is 0. The van der Waals surface area contributed by atoms with E-state index in [-0.39, 0.29) is 12.3 Å². The van der Waals surface area contributed by atoms with Crippen molar-refractivity contribution in [1.29, 1.82) is 0 Å². The van der Waals surface area contributed by atoms with E-state index in [9.17, 15) is 4.79 Å². The zero-order chi connectivity index (χ0) is 19.5. The molecule has 2 aromatic carbocycles. The van der Waals surface area contributed by atoms with Gasteiger partial charge in [-0.15, -0.1) is 0 Å². The fourth-order valence-electron chi connectivity index (χ4n) is 3.01. The largest absolute Gasteiger partial charge is 0.486 e. The van der Waals surface area contributed by atoms with Crippen molar-refractivity contribution in [3.63, 3.8) is 0 Å². The Morgan fingerprint density at radius 3 is 2.89 bits per heavy atom. The van der Waals surface area contributed by atoms with E-state index in [4.69, 9.17) is 21.1 Å². The van der Waals surface area contributed by atoms with Gasteiger partial charge in [0.15, 0.2) is 17.3 Å². The van der Waals surface area contributed by atoms with Crippen LogP contribution in [0.4, 0.5) is 5.69 Å². The number of rotatable bonds is 5. The Kier molecular flexibility index (Phi) is 5.16. The molecule has 1 aliphatic heterocycles. The van der Waals surface area contributed by atoms with Gasteiger partial charge in [0.1, 0.15) is 19.0 Å². The van der Waals surface area contributed by atoms with E-state index in [0.717, 1.165) is 23.4 Å². The molecule has 2 N–H and O–H groups in total. The summed E-state index contributed by atoms with van der Waals surface area (Å²) in [6, 6.07) is 10.9. The van der Waals surface area contributed by atoms with Crippen LogP contribution in [-0.4, -0.2) is 34.3 Å². The normalized spacial score (nSPS) is 12.6. The number of nitrogens with one attached hydrogen (secondary N) is 2. The minimum Gasteiger partial charge on any atom is -0.486 e. The molecule has 0 fully saturated rings. The fourth-order valence-corrected chi connectivity index (χ4v) is 3.29. The van der Waals surface area contributed by atoms with Gasteiger partial charge in [-0.25, -0.2) is 4.98 Å². The molecule has 0 radical (unpaired) electrons. The quantitative estimate of drug-likeness (QED) is 0.684. The number of carbonyl (C=O) groups is 1. The molecule has 1 aromatic heterocycles. The third-order valence-electron chi connectivity index (χ3n) is 4.33. The summed E-state index contributed by atoms with van der Waals surface area (Å²) in [6.45, 7) is 2.92. The lowest BCUT2D eigenvalue weighted by Crippen LogP contribution is -2.17. The second kappa shape index (κ2) is 7.90.